The van der Waals surface area contributed by atoms with Gasteiger partial charge in [-0.1, -0.05) is 18.2 Å². The molecule has 1 aliphatic rings. The van der Waals surface area contributed by atoms with E-state index in [2.05, 4.69) is 5.10 Å². The summed E-state index contributed by atoms with van der Waals surface area (Å²) in [7, 11) is 0. The second-order valence-corrected chi connectivity index (χ2v) is 5.91. The molecule has 2 heterocycles. The molecular weight excluding hydrogens is 337 g/mol. The molecule has 1 aliphatic heterocycles. The van der Waals surface area contributed by atoms with E-state index >= 15 is 0 Å². The molecule has 6 nitrogen and oxygen atoms in total. The molecule has 4 rings (SSSR count). The van der Waals surface area contributed by atoms with E-state index in [1.54, 1.807) is 4.90 Å². The standard InChI is InChI=1S/C19H14FN3O3/c20-12-6-8-14(9-7-12)23-17-15(16(21-23)19(25)26)10-11-22(18(17)24)13-4-2-1-3-5-13/h1-9H,10-11H2,(H,25,26). The van der Waals surface area contributed by atoms with Crippen LogP contribution in [-0.4, -0.2) is 33.3 Å². The predicted octanol–water partition coefficient (Wildman–Crippen LogP) is 2.91. The van der Waals surface area contributed by atoms with Crippen LogP contribution in [0.4, 0.5) is 10.1 Å². The molecule has 1 amide bonds. The summed E-state index contributed by atoms with van der Waals surface area (Å²) in [6, 6.07) is 14.6. The van der Waals surface area contributed by atoms with E-state index in [4.69, 9.17) is 0 Å². The minimum Gasteiger partial charge on any atom is -0.476 e. The number of aromatic nitrogens is 2. The van der Waals surface area contributed by atoms with Crippen LogP contribution in [0.25, 0.3) is 5.69 Å². The average Bonchev–Trinajstić information content (AvgIpc) is 3.04. The number of carboxylic acid groups (broad SMARTS) is 1. The number of nitrogens with zero attached hydrogens (tertiary/aromatic N) is 3. The Morgan fingerprint density at radius 3 is 2.38 bits per heavy atom. The van der Waals surface area contributed by atoms with Crippen molar-refractivity contribution in [3.05, 3.63) is 77.4 Å². The zero-order valence-electron chi connectivity index (χ0n) is 13.6. The molecule has 0 saturated carbocycles. The van der Waals surface area contributed by atoms with Gasteiger partial charge in [-0.05, 0) is 42.8 Å². The Labute approximate surface area is 148 Å². The lowest BCUT2D eigenvalue weighted by Gasteiger charge is -2.27. The first-order valence-corrected chi connectivity index (χ1v) is 8.04. The second-order valence-electron chi connectivity index (χ2n) is 5.91. The Morgan fingerprint density at radius 2 is 1.73 bits per heavy atom. The van der Waals surface area contributed by atoms with Gasteiger partial charge < -0.3 is 10.0 Å². The van der Waals surface area contributed by atoms with Gasteiger partial charge >= 0.3 is 5.97 Å². The van der Waals surface area contributed by atoms with E-state index < -0.39 is 11.8 Å². The van der Waals surface area contributed by atoms with Crippen LogP contribution in [0.1, 0.15) is 26.5 Å². The molecule has 1 aromatic heterocycles. The van der Waals surface area contributed by atoms with E-state index in [-0.39, 0.29) is 17.3 Å². The number of halogens is 1. The second kappa shape index (κ2) is 6.11. The molecule has 1 N–H and O–H groups in total. The third kappa shape index (κ3) is 2.54. The highest BCUT2D eigenvalue weighted by Crippen LogP contribution is 2.28. The topological polar surface area (TPSA) is 75.4 Å². The van der Waals surface area contributed by atoms with Crippen molar-refractivity contribution in [2.75, 3.05) is 11.4 Å². The van der Waals surface area contributed by atoms with Crippen LogP contribution in [0, 0.1) is 5.82 Å². The molecular formula is C19H14FN3O3. The van der Waals surface area contributed by atoms with Crippen molar-refractivity contribution >= 4 is 17.6 Å². The van der Waals surface area contributed by atoms with Gasteiger partial charge in [0.25, 0.3) is 5.91 Å². The molecule has 26 heavy (non-hydrogen) atoms. The van der Waals surface area contributed by atoms with Crippen molar-refractivity contribution in [1.29, 1.82) is 0 Å². The number of benzene rings is 2. The van der Waals surface area contributed by atoms with Gasteiger partial charge in [-0.25, -0.2) is 13.9 Å². The summed E-state index contributed by atoms with van der Waals surface area (Å²) in [5.74, 6) is -1.95. The third-order valence-electron chi connectivity index (χ3n) is 4.36. The summed E-state index contributed by atoms with van der Waals surface area (Å²) in [5.41, 5.74) is 1.61. The molecule has 2 aromatic carbocycles. The van der Waals surface area contributed by atoms with Crippen LogP contribution >= 0.6 is 0 Å². The lowest BCUT2D eigenvalue weighted by molar-refractivity contribution is 0.0688. The van der Waals surface area contributed by atoms with Gasteiger partial charge in [0.15, 0.2) is 5.69 Å². The zero-order chi connectivity index (χ0) is 18.3. The minimum absolute atomic E-state index is 0.148. The Balaban J connectivity index is 1.87. The number of aromatic carboxylic acids is 1. The zero-order valence-corrected chi connectivity index (χ0v) is 13.6. The average molecular weight is 351 g/mol. The molecule has 3 aromatic rings. The molecule has 0 unspecified atom stereocenters. The molecule has 0 atom stereocenters. The van der Waals surface area contributed by atoms with E-state index in [9.17, 15) is 19.1 Å². The normalized spacial score (nSPS) is 13.6. The fourth-order valence-corrected chi connectivity index (χ4v) is 3.16. The van der Waals surface area contributed by atoms with Crippen LogP contribution in [-0.2, 0) is 6.42 Å². The number of para-hydroxylation sites is 1. The first-order chi connectivity index (χ1) is 12.6. The number of carbonyl (C=O) groups is 2. The highest BCUT2D eigenvalue weighted by atomic mass is 19.1. The van der Waals surface area contributed by atoms with Gasteiger partial charge in [0.2, 0.25) is 0 Å². The number of hydrogen-bond acceptors (Lipinski definition) is 3. The maximum atomic E-state index is 13.2. The van der Waals surface area contributed by atoms with Crippen molar-refractivity contribution in [1.82, 2.24) is 9.78 Å². The van der Waals surface area contributed by atoms with Crippen LogP contribution in [0.3, 0.4) is 0 Å². The number of carboxylic acids is 1. The molecule has 0 bridgehead atoms. The van der Waals surface area contributed by atoms with Crippen molar-refractivity contribution in [2.24, 2.45) is 0 Å². The molecule has 0 spiro atoms. The maximum Gasteiger partial charge on any atom is 0.356 e. The summed E-state index contributed by atoms with van der Waals surface area (Å²) >= 11 is 0. The Morgan fingerprint density at radius 1 is 1.04 bits per heavy atom. The van der Waals surface area contributed by atoms with Crippen LogP contribution in [0.15, 0.2) is 54.6 Å². The number of fused-ring (bicyclic) bond motifs is 1. The van der Waals surface area contributed by atoms with Crippen molar-refractivity contribution in [2.45, 2.75) is 6.42 Å². The fourth-order valence-electron chi connectivity index (χ4n) is 3.16. The lowest BCUT2D eigenvalue weighted by atomic mass is 10.0. The van der Waals surface area contributed by atoms with Crippen LogP contribution in [0.2, 0.25) is 0 Å². The molecule has 0 aliphatic carbocycles. The highest BCUT2D eigenvalue weighted by Gasteiger charge is 2.34. The number of amides is 1. The van der Waals surface area contributed by atoms with Gasteiger partial charge in [0.1, 0.15) is 11.5 Å². The monoisotopic (exact) mass is 351 g/mol. The molecule has 0 fully saturated rings. The first-order valence-electron chi connectivity index (χ1n) is 8.04. The van der Waals surface area contributed by atoms with E-state index in [1.807, 2.05) is 30.3 Å². The van der Waals surface area contributed by atoms with Crippen molar-refractivity contribution < 1.29 is 19.1 Å². The smallest absolute Gasteiger partial charge is 0.356 e. The van der Waals surface area contributed by atoms with Crippen molar-refractivity contribution in [3.63, 3.8) is 0 Å². The number of rotatable bonds is 3. The summed E-state index contributed by atoms with van der Waals surface area (Å²) in [4.78, 5) is 26.3. The number of hydrogen-bond donors (Lipinski definition) is 1. The predicted molar refractivity (Wildman–Crippen MR) is 92.3 cm³/mol. The largest absolute Gasteiger partial charge is 0.476 e. The van der Waals surface area contributed by atoms with Crippen LogP contribution < -0.4 is 4.90 Å². The maximum absolute atomic E-state index is 13.2. The summed E-state index contributed by atoms with van der Waals surface area (Å²) < 4.78 is 14.5. The van der Waals surface area contributed by atoms with Gasteiger partial charge in [-0.3, -0.25) is 4.79 Å². The Kier molecular flexibility index (Phi) is 3.76. The minimum atomic E-state index is -1.19. The first kappa shape index (κ1) is 16.0. The number of anilines is 1. The van der Waals surface area contributed by atoms with E-state index in [1.165, 1.54) is 28.9 Å². The molecule has 0 saturated heterocycles. The molecule has 7 heteroatoms. The molecule has 0 radical (unpaired) electrons. The van der Waals surface area contributed by atoms with Crippen molar-refractivity contribution in [3.8, 4) is 5.69 Å². The summed E-state index contributed by atoms with van der Waals surface area (Å²) in [6.45, 7) is 0.366. The molecule has 130 valence electrons. The fraction of sp³-hybridized carbons (Fsp3) is 0.105. The van der Waals surface area contributed by atoms with Gasteiger partial charge in [0, 0.05) is 17.8 Å². The SMILES string of the molecule is O=C(O)c1nn(-c2ccc(F)cc2)c2c1CCN(c1ccccc1)C2=O. The highest BCUT2D eigenvalue weighted by molar-refractivity contribution is 6.09. The van der Waals surface area contributed by atoms with Gasteiger partial charge in [0.05, 0.1) is 5.69 Å². The lowest BCUT2D eigenvalue weighted by Crippen LogP contribution is -2.39. The van der Waals surface area contributed by atoms with E-state index in [0.717, 1.165) is 5.69 Å². The summed E-state index contributed by atoms with van der Waals surface area (Å²) in [6.07, 6.45) is 0.374. The third-order valence-corrected chi connectivity index (χ3v) is 4.36. The van der Waals surface area contributed by atoms with Crippen LogP contribution in [0.5, 0.6) is 0 Å². The van der Waals surface area contributed by atoms with Gasteiger partial charge in [-0.2, -0.15) is 5.10 Å². The Hall–Kier alpha value is -3.48. The number of carbonyl (C=O) groups excluding carboxylic acids is 1. The Bertz CT molecular complexity index is 997. The quantitative estimate of drug-likeness (QED) is 0.787. The summed E-state index contributed by atoms with van der Waals surface area (Å²) in [5, 5.41) is 13.6. The van der Waals surface area contributed by atoms with E-state index in [0.29, 0.717) is 24.2 Å². The van der Waals surface area contributed by atoms with Gasteiger partial charge in [-0.15, -0.1) is 0 Å².